The number of rotatable bonds is 7. The Labute approximate surface area is 75.1 Å². The molecule has 0 aliphatic carbocycles. The summed E-state index contributed by atoms with van der Waals surface area (Å²) < 4.78 is 0. The van der Waals surface area contributed by atoms with Gasteiger partial charge in [-0.3, -0.25) is 0 Å². The van der Waals surface area contributed by atoms with E-state index in [-0.39, 0.29) is 0 Å². The van der Waals surface area contributed by atoms with E-state index in [2.05, 4.69) is 13.8 Å². The zero-order valence-corrected chi connectivity index (χ0v) is 8.62. The van der Waals surface area contributed by atoms with Crippen molar-refractivity contribution >= 4 is 11.8 Å². The molecular weight excluding hydrogens is 154 g/mol. The minimum Gasteiger partial charge on any atom is -0.328 e. The lowest BCUT2D eigenvalue weighted by Gasteiger charge is -2.06. The Kier molecular flexibility index (Phi) is 8.64. The highest BCUT2D eigenvalue weighted by molar-refractivity contribution is 7.99. The van der Waals surface area contributed by atoms with Gasteiger partial charge in [0.15, 0.2) is 0 Å². The van der Waals surface area contributed by atoms with Gasteiger partial charge >= 0.3 is 0 Å². The van der Waals surface area contributed by atoms with Gasteiger partial charge in [-0.25, -0.2) is 0 Å². The average Bonchev–Trinajstić information content (AvgIpc) is 2.04. The van der Waals surface area contributed by atoms with E-state index in [9.17, 15) is 0 Å². The minimum absolute atomic E-state index is 0.434. The summed E-state index contributed by atoms with van der Waals surface area (Å²) >= 11 is 2.04. The van der Waals surface area contributed by atoms with E-state index >= 15 is 0 Å². The van der Waals surface area contributed by atoms with Crippen LogP contribution in [0.15, 0.2) is 0 Å². The molecule has 0 saturated heterocycles. The molecule has 0 bridgehead atoms. The summed E-state index contributed by atoms with van der Waals surface area (Å²) in [5.41, 5.74) is 5.77. The first-order valence-electron chi connectivity index (χ1n) is 4.64. The number of nitrogens with two attached hydrogens (primary N) is 1. The largest absolute Gasteiger partial charge is 0.328 e. The fourth-order valence-electron chi connectivity index (χ4n) is 0.787. The maximum atomic E-state index is 5.77. The highest BCUT2D eigenvalue weighted by Crippen LogP contribution is 2.07. The molecule has 0 heterocycles. The standard InChI is InChI=1S/C9H21NS/c1-3-5-7-11-8-6-9(10)4-2/h9H,3-8,10H2,1-2H3. The maximum Gasteiger partial charge on any atom is 0.00440 e. The molecule has 0 radical (unpaired) electrons. The summed E-state index contributed by atoms with van der Waals surface area (Å²) in [4.78, 5) is 0. The normalized spacial score (nSPS) is 13.4. The monoisotopic (exact) mass is 175 g/mol. The van der Waals surface area contributed by atoms with Crippen molar-refractivity contribution in [3.8, 4) is 0 Å². The smallest absolute Gasteiger partial charge is 0.00440 e. The van der Waals surface area contributed by atoms with Gasteiger partial charge in [-0.15, -0.1) is 0 Å². The average molecular weight is 175 g/mol. The molecule has 0 aromatic rings. The Morgan fingerprint density at radius 2 is 2.00 bits per heavy atom. The van der Waals surface area contributed by atoms with Gasteiger partial charge in [0.1, 0.15) is 0 Å². The van der Waals surface area contributed by atoms with Crippen LogP contribution < -0.4 is 5.73 Å². The van der Waals surface area contributed by atoms with Gasteiger partial charge in [0.2, 0.25) is 0 Å². The van der Waals surface area contributed by atoms with Crippen molar-refractivity contribution in [1.82, 2.24) is 0 Å². The summed E-state index contributed by atoms with van der Waals surface area (Å²) in [5, 5.41) is 0. The molecule has 0 saturated carbocycles. The Morgan fingerprint density at radius 3 is 2.55 bits per heavy atom. The van der Waals surface area contributed by atoms with Gasteiger partial charge in [-0.1, -0.05) is 20.3 Å². The molecule has 2 heteroatoms. The molecule has 0 aromatic carbocycles. The Morgan fingerprint density at radius 1 is 1.27 bits per heavy atom. The van der Waals surface area contributed by atoms with Crippen molar-refractivity contribution in [3.63, 3.8) is 0 Å². The molecule has 2 N–H and O–H groups in total. The van der Waals surface area contributed by atoms with Crippen LogP contribution in [0.3, 0.4) is 0 Å². The van der Waals surface area contributed by atoms with Crippen LogP contribution in [0.25, 0.3) is 0 Å². The molecule has 1 nitrogen and oxygen atoms in total. The van der Waals surface area contributed by atoms with Crippen LogP contribution in [-0.4, -0.2) is 17.5 Å². The lowest BCUT2D eigenvalue weighted by Crippen LogP contribution is -2.19. The minimum atomic E-state index is 0.434. The van der Waals surface area contributed by atoms with Crippen molar-refractivity contribution < 1.29 is 0 Å². The van der Waals surface area contributed by atoms with Crippen molar-refractivity contribution in [2.24, 2.45) is 5.73 Å². The van der Waals surface area contributed by atoms with Crippen LogP contribution in [0, 0.1) is 0 Å². The molecule has 0 aliphatic rings. The third kappa shape index (κ3) is 8.21. The van der Waals surface area contributed by atoms with Gasteiger partial charge in [0.05, 0.1) is 0 Å². The van der Waals surface area contributed by atoms with E-state index in [0.29, 0.717) is 6.04 Å². The summed E-state index contributed by atoms with van der Waals surface area (Å²) in [6, 6.07) is 0.434. The van der Waals surface area contributed by atoms with Crippen LogP contribution >= 0.6 is 11.8 Å². The molecule has 0 rings (SSSR count). The Balaban J connectivity index is 2.89. The third-order valence-electron chi connectivity index (χ3n) is 1.80. The molecule has 0 aromatic heterocycles. The number of unbranched alkanes of at least 4 members (excludes halogenated alkanes) is 1. The second-order valence-corrected chi connectivity index (χ2v) is 4.15. The van der Waals surface area contributed by atoms with Crippen molar-refractivity contribution in [2.45, 2.75) is 45.6 Å². The summed E-state index contributed by atoms with van der Waals surface area (Å²) in [7, 11) is 0. The second-order valence-electron chi connectivity index (χ2n) is 2.92. The molecule has 0 amide bonds. The number of thioether (sulfide) groups is 1. The van der Waals surface area contributed by atoms with Crippen molar-refractivity contribution in [3.05, 3.63) is 0 Å². The number of hydrogen-bond acceptors (Lipinski definition) is 2. The van der Waals surface area contributed by atoms with Gasteiger partial charge in [0.25, 0.3) is 0 Å². The topological polar surface area (TPSA) is 26.0 Å². The zero-order chi connectivity index (χ0) is 8.53. The number of hydrogen-bond donors (Lipinski definition) is 1. The summed E-state index contributed by atoms with van der Waals surface area (Å²) in [6.07, 6.45) is 4.97. The van der Waals surface area contributed by atoms with E-state index < -0.39 is 0 Å². The SMILES string of the molecule is CCCCSCCC(N)CC. The Bertz CT molecular complexity index is 76.0. The van der Waals surface area contributed by atoms with Gasteiger partial charge in [-0.2, -0.15) is 11.8 Å². The first kappa shape index (κ1) is 11.3. The van der Waals surface area contributed by atoms with Crippen molar-refractivity contribution in [2.75, 3.05) is 11.5 Å². The summed E-state index contributed by atoms with van der Waals surface area (Å²) in [5.74, 6) is 2.56. The first-order valence-corrected chi connectivity index (χ1v) is 5.80. The predicted molar refractivity (Wildman–Crippen MR) is 55.1 cm³/mol. The molecule has 68 valence electrons. The van der Waals surface area contributed by atoms with Crippen LogP contribution in [0.1, 0.15) is 39.5 Å². The van der Waals surface area contributed by atoms with Gasteiger partial charge < -0.3 is 5.73 Å². The van der Waals surface area contributed by atoms with Crippen LogP contribution in [0.4, 0.5) is 0 Å². The second kappa shape index (κ2) is 8.41. The summed E-state index contributed by atoms with van der Waals surface area (Å²) in [6.45, 7) is 4.39. The molecule has 0 aliphatic heterocycles. The predicted octanol–water partition coefficient (Wildman–Crippen LogP) is 2.65. The van der Waals surface area contributed by atoms with Gasteiger partial charge in [0, 0.05) is 6.04 Å². The fraction of sp³-hybridized carbons (Fsp3) is 1.00. The fourth-order valence-corrected chi connectivity index (χ4v) is 1.95. The molecule has 0 spiro atoms. The first-order chi connectivity index (χ1) is 5.31. The zero-order valence-electron chi connectivity index (χ0n) is 7.81. The lowest BCUT2D eigenvalue weighted by molar-refractivity contribution is 0.634. The van der Waals surface area contributed by atoms with E-state index in [1.807, 2.05) is 11.8 Å². The van der Waals surface area contributed by atoms with E-state index in [0.717, 1.165) is 6.42 Å². The lowest BCUT2D eigenvalue weighted by atomic mass is 10.2. The van der Waals surface area contributed by atoms with E-state index in [1.165, 1.54) is 30.8 Å². The van der Waals surface area contributed by atoms with Crippen LogP contribution in [0.2, 0.25) is 0 Å². The molecular formula is C9H21NS. The highest BCUT2D eigenvalue weighted by atomic mass is 32.2. The van der Waals surface area contributed by atoms with Crippen LogP contribution in [0.5, 0.6) is 0 Å². The Hall–Kier alpha value is 0.310. The van der Waals surface area contributed by atoms with Crippen molar-refractivity contribution in [1.29, 1.82) is 0 Å². The maximum absolute atomic E-state index is 5.77. The quantitative estimate of drug-likeness (QED) is 0.602. The molecule has 11 heavy (non-hydrogen) atoms. The molecule has 0 fully saturated rings. The van der Waals surface area contributed by atoms with Crippen LogP contribution in [-0.2, 0) is 0 Å². The van der Waals surface area contributed by atoms with E-state index in [1.54, 1.807) is 0 Å². The highest BCUT2D eigenvalue weighted by Gasteiger charge is 1.97. The van der Waals surface area contributed by atoms with Gasteiger partial charge in [-0.05, 0) is 30.8 Å². The molecule has 1 atom stereocenters. The van der Waals surface area contributed by atoms with E-state index in [4.69, 9.17) is 5.73 Å². The third-order valence-corrected chi connectivity index (χ3v) is 2.90. The molecule has 1 unspecified atom stereocenters.